The second-order valence-electron chi connectivity index (χ2n) is 7.42. The van der Waals surface area contributed by atoms with Gasteiger partial charge >= 0.3 is 0 Å². The highest BCUT2D eigenvalue weighted by Gasteiger charge is 2.36. The molecule has 29 heavy (non-hydrogen) atoms. The Balaban J connectivity index is 1.57. The average molecular weight is 392 g/mol. The lowest BCUT2D eigenvalue weighted by molar-refractivity contribution is 0.0684. The van der Waals surface area contributed by atoms with Crippen LogP contribution in [0, 0.1) is 17.1 Å². The molecule has 1 amide bonds. The SMILES string of the molecule is C[C@H]1CC[C@H](CN(C)c2ncnc3[nH]ccc23)N1C(=O)c1ccc(C#N)c(F)c1. The summed E-state index contributed by atoms with van der Waals surface area (Å²) in [6.07, 6.45) is 5.08. The first kappa shape index (κ1) is 18.9. The molecule has 0 bridgehead atoms. The smallest absolute Gasteiger partial charge is 0.254 e. The van der Waals surface area contributed by atoms with Gasteiger partial charge in [-0.05, 0) is 44.0 Å². The van der Waals surface area contributed by atoms with Crippen LogP contribution < -0.4 is 4.90 Å². The molecule has 0 aliphatic carbocycles. The van der Waals surface area contributed by atoms with Crippen molar-refractivity contribution in [2.75, 3.05) is 18.5 Å². The van der Waals surface area contributed by atoms with Crippen LogP contribution in [-0.4, -0.2) is 51.4 Å². The maximum atomic E-state index is 14.0. The van der Waals surface area contributed by atoms with Gasteiger partial charge < -0.3 is 14.8 Å². The summed E-state index contributed by atoms with van der Waals surface area (Å²) >= 11 is 0. The number of likely N-dealkylation sites (N-methyl/N-ethyl adjacent to an activating group) is 1. The summed E-state index contributed by atoms with van der Waals surface area (Å²) in [6.45, 7) is 2.61. The van der Waals surface area contributed by atoms with Crippen LogP contribution in [0.1, 0.15) is 35.7 Å². The van der Waals surface area contributed by atoms with E-state index in [0.29, 0.717) is 6.54 Å². The van der Waals surface area contributed by atoms with E-state index >= 15 is 0 Å². The fourth-order valence-corrected chi connectivity index (χ4v) is 4.07. The molecule has 2 atom stereocenters. The van der Waals surface area contributed by atoms with Crippen molar-refractivity contribution in [1.29, 1.82) is 5.26 Å². The van der Waals surface area contributed by atoms with Gasteiger partial charge in [0.2, 0.25) is 0 Å². The second kappa shape index (κ2) is 7.51. The Kier molecular flexibility index (Phi) is 4.89. The molecule has 3 aromatic rings. The Labute approximate surface area is 167 Å². The first-order chi connectivity index (χ1) is 14.0. The van der Waals surface area contributed by atoms with Gasteiger partial charge in [-0.15, -0.1) is 0 Å². The minimum absolute atomic E-state index is 0.0230. The summed E-state index contributed by atoms with van der Waals surface area (Å²) in [6, 6.07) is 7.77. The van der Waals surface area contributed by atoms with Crippen molar-refractivity contribution in [3.63, 3.8) is 0 Å². The molecule has 1 N–H and O–H groups in total. The van der Waals surface area contributed by atoms with E-state index in [1.165, 1.54) is 18.5 Å². The Morgan fingerprint density at radius 1 is 1.38 bits per heavy atom. The predicted molar refractivity (Wildman–Crippen MR) is 107 cm³/mol. The standard InChI is InChI=1S/C21H21FN6O/c1-13-3-6-16(11-27(2)20-17-7-8-24-19(17)25-12-26-20)28(13)21(29)14-4-5-15(10-23)18(22)9-14/h4-5,7-9,12-13,16H,3,6,11H2,1-2H3,(H,24,25,26)/t13-,16+/m0/s1. The van der Waals surface area contributed by atoms with Crippen molar-refractivity contribution < 1.29 is 9.18 Å². The fourth-order valence-electron chi connectivity index (χ4n) is 4.07. The molecular weight excluding hydrogens is 371 g/mol. The molecule has 1 aliphatic rings. The van der Waals surface area contributed by atoms with Gasteiger partial charge in [0, 0.05) is 37.4 Å². The van der Waals surface area contributed by atoms with Crippen molar-refractivity contribution in [3.8, 4) is 6.07 Å². The molecule has 4 rings (SSSR count). The molecule has 0 saturated carbocycles. The Morgan fingerprint density at radius 3 is 2.97 bits per heavy atom. The molecule has 1 fully saturated rings. The number of nitrogens with one attached hydrogen (secondary N) is 1. The number of H-pyrrole nitrogens is 1. The van der Waals surface area contributed by atoms with Crippen LogP contribution in [0.5, 0.6) is 0 Å². The largest absolute Gasteiger partial charge is 0.357 e. The van der Waals surface area contributed by atoms with Gasteiger partial charge in [-0.1, -0.05) is 0 Å². The van der Waals surface area contributed by atoms with E-state index in [9.17, 15) is 9.18 Å². The van der Waals surface area contributed by atoms with Gasteiger partial charge in [0.1, 0.15) is 29.7 Å². The number of aromatic nitrogens is 3. The number of fused-ring (bicyclic) bond motifs is 1. The van der Waals surface area contributed by atoms with Crippen LogP contribution in [0.2, 0.25) is 0 Å². The van der Waals surface area contributed by atoms with Crippen LogP contribution in [0.25, 0.3) is 11.0 Å². The van der Waals surface area contributed by atoms with Gasteiger partial charge in [-0.2, -0.15) is 5.26 Å². The Morgan fingerprint density at radius 2 is 2.21 bits per heavy atom. The molecule has 0 radical (unpaired) electrons. The van der Waals surface area contributed by atoms with Crippen LogP contribution in [0.3, 0.4) is 0 Å². The summed E-state index contributed by atoms with van der Waals surface area (Å²) in [5, 5.41) is 9.83. The van der Waals surface area contributed by atoms with Crippen molar-refractivity contribution in [1.82, 2.24) is 19.9 Å². The highest BCUT2D eigenvalue weighted by atomic mass is 19.1. The minimum atomic E-state index is -0.672. The Bertz CT molecular complexity index is 1100. The summed E-state index contributed by atoms with van der Waals surface area (Å²) in [5.74, 6) is -0.0893. The van der Waals surface area contributed by atoms with Crippen LogP contribution >= 0.6 is 0 Å². The van der Waals surface area contributed by atoms with Gasteiger partial charge in [-0.25, -0.2) is 14.4 Å². The molecule has 1 aliphatic heterocycles. The summed E-state index contributed by atoms with van der Waals surface area (Å²) in [4.78, 5) is 28.7. The number of halogens is 1. The molecular formula is C21H21FN6O. The summed E-state index contributed by atoms with van der Waals surface area (Å²) < 4.78 is 14.0. The number of hydrogen-bond donors (Lipinski definition) is 1. The van der Waals surface area contributed by atoms with Crippen LogP contribution in [0.15, 0.2) is 36.8 Å². The lowest BCUT2D eigenvalue weighted by Crippen LogP contribution is -2.45. The number of carbonyl (C=O) groups excluding carboxylic acids is 1. The first-order valence-corrected chi connectivity index (χ1v) is 9.51. The third-order valence-electron chi connectivity index (χ3n) is 5.54. The third-order valence-corrected chi connectivity index (χ3v) is 5.54. The molecule has 3 heterocycles. The highest BCUT2D eigenvalue weighted by molar-refractivity contribution is 5.95. The fraction of sp³-hybridized carbons (Fsp3) is 0.333. The number of hydrogen-bond acceptors (Lipinski definition) is 5. The first-order valence-electron chi connectivity index (χ1n) is 9.51. The lowest BCUT2D eigenvalue weighted by atomic mass is 10.1. The monoisotopic (exact) mass is 392 g/mol. The van der Waals surface area contributed by atoms with Crippen LogP contribution in [-0.2, 0) is 0 Å². The van der Waals surface area contributed by atoms with Crippen molar-refractivity contribution in [2.24, 2.45) is 0 Å². The van der Waals surface area contributed by atoms with E-state index in [1.807, 2.05) is 36.0 Å². The number of nitriles is 1. The molecule has 2 aromatic heterocycles. The predicted octanol–water partition coefficient (Wildman–Crippen LogP) is 3.10. The number of benzene rings is 1. The number of amides is 1. The lowest BCUT2D eigenvalue weighted by Gasteiger charge is -2.32. The van der Waals surface area contributed by atoms with Crippen molar-refractivity contribution in [3.05, 3.63) is 53.7 Å². The normalized spacial score (nSPS) is 18.8. The number of carbonyl (C=O) groups is 1. The highest BCUT2D eigenvalue weighted by Crippen LogP contribution is 2.29. The molecule has 1 aromatic carbocycles. The number of likely N-dealkylation sites (tertiary alicyclic amines) is 1. The minimum Gasteiger partial charge on any atom is -0.357 e. The maximum Gasteiger partial charge on any atom is 0.254 e. The topological polar surface area (TPSA) is 88.9 Å². The van der Waals surface area contributed by atoms with Gasteiger partial charge in [0.05, 0.1) is 10.9 Å². The van der Waals surface area contributed by atoms with E-state index in [2.05, 4.69) is 15.0 Å². The molecule has 0 spiro atoms. The van der Waals surface area contributed by atoms with E-state index in [4.69, 9.17) is 5.26 Å². The zero-order chi connectivity index (χ0) is 20.5. The second-order valence-corrected chi connectivity index (χ2v) is 7.42. The number of anilines is 1. The van der Waals surface area contributed by atoms with E-state index in [1.54, 1.807) is 6.07 Å². The molecule has 1 saturated heterocycles. The third kappa shape index (κ3) is 3.40. The number of nitrogens with zero attached hydrogens (tertiary/aromatic N) is 5. The zero-order valence-corrected chi connectivity index (χ0v) is 16.3. The van der Waals surface area contributed by atoms with Crippen molar-refractivity contribution in [2.45, 2.75) is 31.8 Å². The van der Waals surface area contributed by atoms with Gasteiger partial charge in [0.25, 0.3) is 5.91 Å². The summed E-state index contributed by atoms with van der Waals surface area (Å²) in [5.41, 5.74) is 0.965. The number of aromatic amines is 1. The Hall–Kier alpha value is -3.47. The average Bonchev–Trinajstić information content (AvgIpc) is 3.33. The van der Waals surface area contributed by atoms with Crippen LogP contribution in [0.4, 0.5) is 10.2 Å². The quantitative estimate of drug-likeness (QED) is 0.737. The molecule has 0 unspecified atom stereocenters. The molecule has 148 valence electrons. The number of rotatable bonds is 4. The van der Waals surface area contributed by atoms with Crippen molar-refractivity contribution >= 4 is 22.8 Å². The molecule has 7 nitrogen and oxygen atoms in total. The maximum absolute atomic E-state index is 14.0. The summed E-state index contributed by atoms with van der Waals surface area (Å²) in [7, 11) is 1.95. The van der Waals surface area contributed by atoms with Gasteiger partial charge in [-0.3, -0.25) is 4.79 Å². The van der Waals surface area contributed by atoms with E-state index < -0.39 is 5.82 Å². The van der Waals surface area contributed by atoms with E-state index in [-0.39, 0.29) is 29.1 Å². The zero-order valence-electron chi connectivity index (χ0n) is 16.3. The van der Waals surface area contributed by atoms with E-state index in [0.717, 1.165) is 35.8 Å². The van der Waals surface area contributed by atoms with Gasteiger partial charge in [0.15, 0.2) is 0 Å². The molecule has 8 heteroatoms.